The maximum Gasteiger partial charge on any atom is 0.246 e. The minimum Gasteiger partial charge on any atom is -0.454 e. The van der Waals surface area contributed by atoms with E-state index in [-0.39, 0.29) is 12.7 Å². The van der Waals surface area contributed by atoms with E-state index in [2.05, 4.69) is 0 Å². The van der Waals surface area contributed by atoms with Crippen molar-refractivity contribution in [1.29, 1.82) is 0 Å². The molecular weight excluding hydrogens is 298 g/mol. The Labute approximate surface area is 133 Å². The molecule has 5 heteroatoms. The summed E-state index contributed by atoms with van der Waals surface area (Å²) in [5.74, 6) is 1.48. The predicted octanol–water partition coefficient (Wildman–Crippen LogP) is 3.54. The van der Waals surface area contributed by atoms with Crippen molar-refractivity contribution in [3.8, 4) is 11.5 Å². The summed E-state index contributed by atoms with van der Waals surface area (Å²) in [4.78, 5) is 15.3. The van der Waals surface area contributed by atoms with Crippen molar-refractivity contribution in [1.82, 2.24) is 4.90 Å². The third-order valence-corrected chi connectivity index (χ3v) is 4.30. The summed E-state index contributed by atoms with van der Waals surface area (Å²) < 4.78 is 10.6. The fraction of sp³-hybridized carbons (Fsp3) is 0.235. The Hall–Kier alpha value is -2.27. The highest BCUT2D eigenvalue weighted by Gasteiger charge is 2.13. The highest BCUT2D eigenvalue weighted by Crippen LogP contribution is 2.32. The van der Waals surface area contributed by atoms with E-state index in [4.69, 9.17) is 9.47 Å². The molecule has 114 valence electrons. The number of ether oxygens (including phenoxy) is 2. The Kier molecular flexibility index (Phi) is 4.44. The Bertz CT molecular complexity index is 679. The van der Waals surface area contributed by atoms with Crippen LogP contribution in [0.2, 0.25) is 0 Å². The number of amides is 1. The fourth-order valence-corrected chi connectivity index (χ4v) is 2.95. The lowest BCUT2D eigenvalue weighted by Gasteiger charge is -2.18. The zero-order valence-corrected chi connectivity index (χ0v) is 13.1. The predicted molar refractivity (Wildman–Crippen MR) is 87.0 cm³/mol. The van der Waals surface area contributed by atoms with Crippen LogP contribution in [0.1, 0.15) is 17.4 Å². The van der Waals surface area contributed by atoms with Gasteiger partial charge in [0.1, 0.15) is 0 Å². The number of fused-ring (bicyclic) bond motifs is 1. The second-order valence-corrected chi connectivity index (χ2v) is 5.91. The van der Waals surface area contributed by atoms with Gasteiger partial charge in [0.2, 0.25) is 12.7 Å². The SMILES string of the molecule is CCN(Cc1cccs1)C(=O)C=Cc1ccc2c(c1)OCO2. The average molecular weight is 315 g/mol. The van der Waals surface area contributed by atoms with Crippen LogP contribution >= 0.6 is 11.3 Å². The molecule has 1 aromatic carbocycles. The molecule has 0 unspecified atom stereocenters. The first-order chi connectivity index (χ1) is 10.8. The van der Waals surface area contributed by atoms with E-state index in [1.165, 1.54) is 4.88 Å². The van der Waals surface area contributed by atoms with Gasteiger partial charge < -0.3 is 14.4 Å². The van der Waals surface area contributed by atoms with E-state index in [0.717, 1.165) is 17.1 Å². The van der Waals surface area contributed by atoms with Gasteiger partial charge in [-0.15, -0.1) is 11.3 Å². The molecule has 1 aromatic heterocycles. The van der Waals surface area contributed by atoms with Crippen LogP contribution in [0.5, 0.6) is 11.5 Å². The summed E-state index contributed by atoms with van der Waals surface area (Å²) in [6, 6.07) is 9.69. The fourth-order valence-electron chi connectivity index (χ4n) is 2.23. The molecule has 3 rings (SSSR count). The molecule has 0 radical (unpaired) electrons. The second-order valence-electron chi connectivity index (χ2n) is 4.88. The van der Waals surface area contributed by atoms with E-state index in [9.17, 15) is 4.79 Å². The lowest BCUT2D eigenvalue weighted by Crippen LogP contribution is -2.28. The molecule has 4 nitrogen and oxygen atoms in total. The molecule has 1 amide bonds. The van der Waals surface area contributed by atoms with Crippen LogP contribution in [0.3, 0.4) is 0 Å². The third-order valence-electron chi connectivity index (χ3n) is 3.44. The van der Waals surface area contributed by atoms with Crippen molar-refractivity contribution in [3.05, 3.63) is 52.2 Å². The maximum atomic E-state index is 12.3. The zero-order chi connectivity index (χ0) is 15.4. The summed E-state index contributed by atoms with van der Waals surface area (Å²) in [5, 5.41) is 2.02. The summed E-state index contributed by atoms with van der Waals surface area (Å²) in [6.07, 6.45) is 3.41. The summed E-state index contributed by atoms with van der Waals surface area (Å²) in [5.41, 5.74) is 0.921. The van der Waals surface area contributed by atoms with Crippen molar-refractivity contribution in [2.45, 2.75) is 13.5 Å². The molecule has 0 aliphatic carbocycles. The Morgan fingerprint density at radius 1 is 1.32 bits per heavy atom. The Balaban J connectivity index is 1.66. The summed E-state index contributed by atoms with van der Waals surface area (Å²) >= 11 is 1.66. The van der Waals surface area contributed by atoms with E-state index < -0.39 is 0 Å². The highest BCUT2D eigenvalue weighted by atomic mass is 32.1. The van der Waals surface area contributed by atoms with Crippen molar-refractivity contribution in [2.24, 2.45) is 0 Å². The van der Waals surface area contributed by atoms with E-state index in [1.807, 2.05) is 47.5 Å². The van der Waals surface area contributed by atoms with Crippen molar-refractivity contribution < 1.29 is 14.3 Å². The first-order valence-corrected chi connectivity index (χ1v) is 8.03. The molecule has 2 aromatic rings. The number of hydrogen-bond acceptors (Lipinski definition) is 4. The molecule has 0 saturated heterocycles. The topological polar surface area (TPSA) is 38.8 Å². The molecule has 0 saturated carbocycles. The number of carbonyl (C=O) groups excluding carboxylic acids is 1. The van der Waals surface area contributed by atoms with Gasteiger partial charge in [0, 0.05) is 17.5 Å². The van der Waals surface area contributed by atoms with Gasteiger partial charge in [-0.25, -0.2) is 0 Å². The number of hydrogen-bond donors (Lipinski definition) is 0. The minimum atomic E-state index is 0.00793. The smallest absolute Gasteiger partial charge is 0.246 e. The summed E-state index contributed by atoms with van der Waals surface area (Å²) in [6.45, 7) is 3.58. The van der Waals surface area contributed by atoms with Crippen molar-refractivity contribution >= 4 is 23.3 Å². The van der Waals surface area contributed by atoms with Crippen LogP contribution in [0.4, 0.5) is 0 Å². The lowest BCUT2D eigenvalue weighted by atomic mass is 10.2. The standard InChI is InChI=1S/C17H17NO3S/c1-2-18(11-14-4-3-9-22-14)17(19)8-6-13-5-7-15-16(10-13)21-12-20-15/h3-10H,2,11-12H2,1H3. The number of rotatable bonds is 5. The van der Waals surface area contributed by atoms with Crippen LogP contribution in [0.15, 0.2) is 41.8 Å². The first-order valence-electron chi connectivity index (χ1n) is 7.15. The van der Waals surface area contributed by atoms with Crippen molar-refractivity contribution in [3.63, 3.8) is 0 Å². The van der Waals surface area contributed by atoms with Gasteiger partial charge >= 0.3 is 0 Å². The normalized spacial score (nSPS) is 12.8. The number of nitrogens with zero attached hydrogens (tertiary/aromatic N) is 1. The molecule has 0 atom stereocenters. The number of carbonyl (C=O) groups is 1. The Morgan fingerprint density at radius 2 is 2.18 bits per heavy atom. The minimum absolute atomic E-state index is 0.00793. The molecule has 0 spiro atoms. The highest BCUT2D eigenvalue weighted by molar-refractivity contribution is 7.09. The largest absolute Gasteiger partial charge is 0.454 e. The van der Waals surface area contributed by atoms with Crippen LogP contribution in [-0.2, 0) is 11.3 Å². The first kappa shape index (κ1) is 14.7. The summed E-state index contributed by atoms with van der Waals surface area (Å²) in [7, 11) is 0. The molecule has 1 aliphatic rings. The maximum absolute atomic E-state index is 12.3. The zero-order valence-electron chi connectivity index (χ0n) is 12.3. The monoisotopic (exact) mass is 315 g/mol. The van der Waals surface area contributed by atoms with Crippen molar-refractivity contribution in [2.75, 3.05) is 13.3 Å². The van der Waals surface area contributed by atoms with Gasteiger partial charge in [-0.3, -0.25) is 4.79 Å². The number of thiophene rings is 1. The van der Waals surface area contributed by atoms with Gasteiger partial charge in [0.15, 0.2) is 11.5 Å². The van der Waals surface area contributed by atoms with Gasteiger partial charge in [-0.1, -0.05) is 12.1 Å². The Morgan fingerprint density at radius 3 is 2.95 bits per heavy atom. The van der Waals surface area contributed by atoms with E-state index in [1.54, 1.807) is 23.5 Å². The van der Waals surface area contributed by atoms with E-state index in [0.29, 0.717) is 13.1 Å². The van der Waals surface area contributed by atoms with Gasteiger partial charge in [0.25, 0.3) is 0 Å². The molecule has 0 fully saturated rings. The van der Waals surface area contributed by atoms with Crippen LogP contribution in [0, 0.1) is 0 Å². The van der Waals surface area contributed by atoms with Crippen LogP contribution in [0.25, 0.3) is 6.08 Å². The van der Waals surface area contributed by atoms with E-state index >= 15 is 0 Å². The van der Waals surface area contributed by atoms with Gasteiger partial charge in [-0.05, 0) is 42.1 Å². The molecule has 1 aliphatic heterocycles. The quantitative estimate of drug-likeness (QED) is 0.792. The molecule has 2 heterocycles. The average Bonchev–Trinajstić information content (AvgIpc) is 3.20. The second kappa shape index (κ2) is 6.66. The lowest BCUT2D eigenvalue weighted by molar-refractivity contribution is -0.126. The molecule has 22 heavy (non-hydrogen) atoms. The van der Waals surface area contributed by atoms with Gasteiger partial charge in [-0.2, -0.15) is 0 Å². The number of likely N-dealkylation sites (N-methyl/N-ethyl adjacent to an activating group) is 1. The van der Waals surface area contributed by atoms with Crippen LogP contribution in [-0.4, -0.2) is 24.1 Å². The molecule has 0 N–H and O–H groups in total. The molecule has 0 bridgehead atoms. The third kappa shape index (κ3) is 3.31. The molecular formula is C17H17NO3S. The van der Waals surface area contributed by atoms with Gasteiger partial charge in [0.05, 0.1) is 6.54 Å². The number of benzene rings is 1. The van der Waals surface area contributed by atoms with Crippen LogP contribution < -0.4 is 9.47 Å².